The van der Waals surface area contributed by atoms with Crippen molar-refractivity contribution in [1.29, 1.82) is 0 Å². The third-order valence-electron chi connectivity index (χ3n) is 3.03. The van der Waals surface area contributed by atoms with Crippen molar-refractivity contribution in [2.24, 2.45) is 5.73 Å². The average Bonchev–Trinajstić information content (AvgIpc) is 2.84. The summed E-state index contributed by atoms with van der Waals surface area (Å²) in [4.78, 5) is 25.4. The largest absolute Gasteiger partial charge is 0.428 e. The topological polar surface area (TPSA) is 104 Å². The lowest BCUT2D eigenvalue weighted by molar-refractivity contribution is 0.0729. The molecule has 2 rings (SSSR count). The Morgan fingerprint density at radius 1 is 1.50 bits per heavy atom. The molecule has 0 fully saturated rings. The Bertz CT molecular complexity index is 789. The molecule has 2 aromatic heterocycles. The minimum absolute atomic E-state index is 0.112. The fourth-order valence-electron chi connectivity index (χ4n) is 2.10. The van der Waals surface area contributed by atoms with Crippen LogP contribution in [0.1, 0.15) is 13.8 Å². The molecule has 9 heteroatoms. The summed E-state index contributed by atoms with van der Waals surface area (Å²) in [6, 6.07) is 1.74. The number of aromatic nitrogens is 3. The summed E-state index contributed by atoms with van der Waals surface area (Å²) in [6.07, 6.45) is 0.842. The van der Waals surface area contributed by atoms with Gasteiger partial charge in [0.25, 0.3) is 5.56 Å². The standard InChI is InChI=1S/C13H18N4O4S/c1-8(2)20-6-5-17-9-3-4-16(7-21-12(14)19)10(9)11(18)15-13(17)22/h3-4,8H,5-7H2,1-2H3,(H2,14,19)(H,15,18,22). The molecule has 0 saturated carbocycles. The van der Waals surface area contributed by atoms with Crippen molar-refractivity contribution in [3.8, 4) is 0 Å². The molecule has 2 heterocycles. The molecule has 0 aromatic carbocycles. The van der Waals surface area contributed by atoms with Crippen LogP contribution in [0.15, 0.2) is 17.1 Å². The molecule has 0 unspecified atom stereocenters. The van der Waals surface area contributed by atoms with Gasteiger partial charge in [0, 0.05) is 12.7 Å². The van der Waals surface area contributed by atoms with Crippen LogP contribution in [-0.4, -0.2) is 32.9 Å². The first-order valence-electron chi connectivity index (χ1n) is 6.76. The zero-order valence-electron chi connectivity index (χ0n) is 12.4. The molecule has 0 spiro atoms. The van der Waals surface area contributed by atoms with E-state index in [1.54, 1.807) is 16.8 Å². The van der Waals surface area contributed by atoms with E-state index in [9.17, 15) is 9.59 Å². The molecule has 0 bridgehead atoms. The molecule has 0 aliphatic carbocycles. The predicted octanol–water partition coefficient (Wildman–Crippen LogP) is 1.34. The van der Waals surface area contributed by atoms with Crippen LogP contribution in [0.25, 0.3) is 11.0 Å². The molecule has 0 atom stereocenters. The first-order valence-corrected chi connectivity index (χ1v) is 7.16. The highest BCUT2D eigenvalue weighted by Gasteiger charge is 2.11. The van der Waals surface area contributed by atoms with Crippen LogP contribution in [0, 0.1) is 4.77 Å². The molecule has 120 valence electrons. The number of aromatic amines is 1. The van der Waals surface area contributed by atoms with Crippen molar-refractivity contribution in [3.05, 3.63) is 27.4 Å². The molecule has 0 radical (unpaired) electrons. The maximum absolute atomic E-state index is 12.1. The maximum atomic E-state index is 12.1. The van der Waals surface area contributed by atoms with E-state index < -0.39 is 6.09 Å². The summed E-state index contributed by atoms with van der Waals surface area (Å²) in [7, 11) is 0. The summed E-state index contributed by atoms with van der Waals surface area (Å²) in [5.41, 5.74) is 5.60. The van der Waals surface area contributed by atoms with Gasteiger partial charge in [0.15, 0.2) is 11.5 Å². The van der Waals surface area contributed by atoms with Crippen LogP contribution in [0.5, 0.6) is 0 Å². The highest BCUT2D eigenvalue weighted by molar-refractivity contribution is 7.71. The summed E-state index contributed by atoms with van der Waals surface area (Å²) >= 11 is 5.20. The van der Waals surface area contributed by atoms with Crippen molar-refractivity contribution in [2.45, 2.75) is 33.2 Å². The van der Waals surface area contributed by atoms with Gasteiger partial charge >= 0.3 is 6.09 Å². The summed E-state index contributed by atoms with van der Waals surface area (Å²) in [6.45, 7) is 4.72. The third-order valence-corrected chi connectivity index (χ3v) is 3.35. The van der Waals surface area contributed by atoms with Gasteiger partial charge in [-0.3, -0.25) is 9.78 Å². The van der Waals surface area contributed by atoms with Crippen molar-refractivity contribution in [3.63, 3.8) is 0 Å². The quantitative estimate of drug-likeness (QED) is 0.780. The Morgan fingerprint density at radius 2 is 2.23 bits per heavy atom. The van der Waals surface area contributed by atoms with Crippen molar-refractivity contribution in [1.82, 2.24) is 14.1 Å². The van der Waals surface area contributed by atoms with Gasteiger partial charge in [-0.25, -0.2) is 4.79 Å². The number of H-pyrrole nitrogens is 1. The number of primary amides is 1. The van der Waals surface area contributed by atoms with Gasteiger partial charge < -0.3 is 24.3 Å². The van der Waals surface area contributed by atoms with Crippen LogP contribution < -0.4 is 11.3 Å². The first kappa shape index (κ1) is 16.2. The van der Waals surface area contributed by atoms with E-state index >= 15 is 0 Å². The van der Waals surface area contributed by atoms with Gasteiger partial charge in [-0.05, 0) is 32.1 Å². The van der Waals surface area contributed by atoms with Gasteiger partial charge in [-0.2, -0.15) is 0 Å². The van der Waals surface area contributed by atoms with Gasteiger partial charge in [-0.15, -0.1) is 0 Å². The Balaban J connectivity index is 2.38. The SMILES string of the molecule is CC(C)OCCn1c(=S)[nH]c(=O)c2c1ccn2COC(N)=O. The highest BCUT2D eigenvalue weighted by Crippen LogP contribution is 2.12. The lowest BCUT2D eigenvalue weighted by atomic mass is 10.4. The number of nitrogens with one attached hydrogen (secondary N) is 1. The normalized spacial score (nSPS) is 11.2. The van der Waals surface area contributed by atoms with E-state index in [0.29, 0.717) is 29.0 Å². The fraction of sp³-hybridized carbons (Fsp3) is 0.462. The molecule has 0 aliphatic rings. The van der Waals surface area contributed by atoms with Crippen molar-refractivity contribution in [2.75, 3.05) is 6.61 Å². The van der Waals surface area contributed by atoms with Crippen LogP contribution in [-0.2, 0) is 22.7 Å². The van der Waals surface area contributed by atoms with E-state index in [2.05, 4.69) is 4.98 Å². The number of fused-ring (bicyclic) bond motifs is 1. The summed E-state index contributed by atoms with van der Waals surface area (Å²) < 4.78 is 13.8. The van der Waals surface area contributed by atoms with E-state index in [1.807, 2.05) is 13.8 Å². The van der Waals surface area contributed by atoms with Crippen LogP contribution in [0.2, 0.25) is 0 Å². The van der Waals surface area contributed by atoms with Gasteiger partial charge in [0.05, 0.1) is 18.2 Å². The lowest BCUT2D eigenvalue weighted by Gasteiger charge is -2.12. The predicted molar refractivity (Wildman–Crippen MR) is 83.1 cm³/mol. The van der Waals surface area contributed by atoms with Gasteiger partial charge in [0.1, 0.15) is 5.52 Å². The van der Waals surface area contributed by atoms with Crippen LogP contribution >= 0.6 is 12.2 Å². The first-order chi connectivity index (χ1) is 10.4. The van der Waals surface area contributed by atoms with E-state index in [1.165, 1.54) is 4.57 Å². The highest BCUT2D eigenvalue weighted by atomic mass is 32.1. The second-order valence-corrected chi connectivity index (χ2v) is 5.33. The third kappa shape index (κ3) is 3.55. The number of carbonyl (C=O) groups excluding carboxylic acids is 1. The number of ether oxygens (including phenoxy) is 2. The smallest absolute Gasteiger partial charge is 0.406 e. The molecule has 0 aliphatic heterocycles. The number of nitrogens with zero attached hydrogens (tertiary/aromatic N) is 2. The van der Waals surface area contributed by atoms with E-state index in [-0.39, 0.29) is 18.4 Å². The molecular formula is C13H18N4O4S. The number of amides is 1. The Morgan fingerprint density at radius 3 is 2.86 bits per heavy atom. The minimum atomic E-state index is -0.906. The van der Waals surface area contributed by atoms with E-state index in [4.69, 9.17) is 27.4 Å². The Kier molecular flexibility index (Phi) is 4.99. The monoisotopic (exact) mass is 326 g/mol. The maximum Gasteiger partial charge on any atom is 0.406 e. The minimum Gasteiger partial charge on any atom is -0.428 e. The van der Waals surface area contributed by atoms with Crippen molar-refractivity contribution >= 4 is 29.3 Å². The Labute approximate surface area is 131 Å². The number of carbonyl (C=O) groups is 1. The molecule has 0 saturated heterocycles. The summed E-state index contributed by atoms with van der Waals surface area (Å²) in [5, 5.41) is 0. The van der Waals surface area contributed by atoms with Gasteiger partial charge in [0.2, 0.25) is 0 Å². The fourth-order valence-corrected chi connectivity index (χ4v) is 2.38. The molecule has 3 N–H and O–H groups in total. The number of nitrogens with two attached hydrogens (primary N) is 1. The number of hydrogen-bond acceptors (Lipinski definition) is 5. The number of hydrogen-bond donors (Lipinski definition) is 2. The molecule has 1 amide bonds. The summed E-state index contributed by atoms with van der Waals surface area (Å²) in [5.74, 6) is 0. The average molecular weight is 326 g/mol. The van der Waals surface area contributed by atoms with Crippen molar-refractivity contribution < 1.29 is 14.3 Å². The molecule has 22 heavy (non-hydrogen) atoms. The number of rotatable bonds is 6. The van der Waals surface area contributed by atoms with Gasteiger partial charge in [-0.1, -0.05) is 0 Å². The van der Waals surface area contributed by atoms with E-state index in [0.717, 1.165) is 0 Å². The zero-order valence-corrected chi connectivity index (χ0v) is 13.2. The lowest BCUT2D eigenvalue weighted by Crippen LogP contribution is -2.21. The molecule has 8 nitrogen and oxygen atoms in total. The second-order valence-electron chi connectivity index (χ2n) is 4.94. The Hall–Kier alpha value is -2.13. The van der Waals surface area contributed by atoms with Crippen LogP contribution in [0.3, 0.4) is 0 Å². The molecular weight excluding hydrogens is 308 g/mol. The molecule has 2 aromatic rings. The zero-order chi connectivity index (χ0) is 16.3. The van der Waals surface area contributed by atoms with Crippen LogP contribution in [0.4, 0.5) is 4.79 Å². The second kappa shape index (κ2) is 6.75.